The summed E-state index contributed by atoms with van der Waals surface area (Å²) in [5.74, 6) is 1.14. The van der Waals surface area contributed by atoms with E-state index < -0.39 is 26.9 Å². The Kier molecular flexibility index (Phi) is 6.16. The average molecular weight is 453 g/mol. The second-order valence-electron chi connectivity index (χ2n) is 6.60. The normalized spacial score (nSPS) is 11.9. The number of nitrogens with zero attached hydrogens (tertiary/aromatic N) is 3. The van der Waals surface area contributed by atoms with Gasteiger partial charge in [-0.3, -0.25) is 4.98 Å². The molecule has 31 heavy (non-hydrogen) atoms. The summed E-state index contributed by atoms with van der Waals surface area (Å²) in [6.45, 7) is 0. The SMILES string of the molecule is COc1ccc(Cc2ccc(-c3cc(C(F)(F)F)nc(S(C)(=O)=O)n3)cn2)cc1OC. The molecule has 0 radical (unpaired) electrons. The standard InChI is InChI=1S/C20H18F3N3O4S/c1-29-16-7-4-12(9-17(16)30-2)8-14-6-5-13(11-24-14)15-10-18(20(21,22)23)26-19(25-15)31(3,27)28/h4-7,9-11H,8H2,1-3H3. The van der Waals surface area contributed by atoms with Crippen molar-refractivity contribution in [1.82, 2.24) is 15.0 Å². The highest BCUT2D eigenvalue weighted by atomic mass is 32.2. The van der Waals surface area contributed by atoms with Crippen LogP contribution >= 0.6 is 0 Å². The predicted molar refractivity (Wildman–Crippen MR) is 106 cm³/mol. The lowest BCUT2D eigenvalue weighted by Crippen LogP contribution is -2.14. The molecule has 0 aliphatic carbocycles. The molecule has 2 heterocycles. The van der Waals surface area contributed by atoms with Crippen molar-refractivity contribution in [1.29, 1.82) is 0 Å². The summed E-state index contributed by atoms with van der Waals surface area (Å²) in [6, 6.07) is 9.25. The fraction of sp³-hybridized carbons (Fsp3) is 0.250. The molecule has 0 spiro atoms. The number of pyridine rings is 1. The highest BCUT2D eigenvalue weighted by molar-refractivity contribution is 7.90. The Hall–Kier alpha value is -3.21. The highest BCUT2D eigenvalue weighted by Gasteiger charge is 2.34. The fourth-order valence-corrected chi connectivity index (χ4v) is 3.29. The first kappa shape index (κ1) is 22.5. The van der Waals surface area contributed by atoms with Crippen molar-refractivity contribution in [3.05, 3.63) is 59.5 Å². The predicted octanol–water partition coefficient (Wildman–Crippen LogP) is 3.57. The van der Waals surface area contributed by atoms with Crippen molar-refractivity contribution in [2.24, 2.45) is 0 Å². The Morgan fingerprint density at radius 1 is 0.968 bits per heavy atom. The molecule has 0 bridgehead atoms. The molecule has 0 unspecified atom stereocenters. The van der Waals surface area contributed by atoms with E-state index >= 15 is 0 Å². The summed E-state index contributed by atoms with van der Waals surface area (Å²) in [7, 11) is -0.986. The Balaban J connectivity index is 1.93. The van der Waals surface area contributed by atoms with Crippen LogP contribution in [0.4, 0.5) is 13.2 Å². The van der Waals surface area contributed by atoms with Gasteiger partial charge in [0.05, 0.1) is 19.9 Å². The number of halogens is 3. The molecule has 0 saturated carbocycles. The van der Waals surface area contributed by atoms with Crippen LogP contribution in [0.5, 0.6) is 11.5 Å². The zero-order valence-corrected chi connectivity index (χ0v) is 17.6. The van der Waals surface area contributed by atoms with Gasteiger partial charge in [-0.25, -0.2) is 18.4 Å². The van der Waals surface area contributed by atoms with E-state index in [4.69, 9.17) is 9.47 Å². The summed E-state index contributed by atoms with van der Waals surface area (Å²) in [5, 5.41) is -0.897. The summed E-state index contributed by atoms with van der Waals surface area (Å²) in [6.07, 6.45) is -2.30. The minimum absolute atomic E-state index is 0.187. The van der Waals surface area contributed by atoms with Gasteiger partial charge in [0.25, 0.3) is 0 Å². The first-order valence-electron chi connectivity index (χ1n) is 8.84. The highest BCUT2D eigenvalue weighted by Crippen LogP contribution is 2.31. The van der Waals surface area contributed by atoms with Gasteiger partial charge in [-0.1, -0.05) is 6.07 Å². The van der Waals surface area contributed by atoms with Crippen molar-refractivity contribution in [3.63, 3.8) is 0 Å². The van der Waals surface area contributed by atoms with E-state index in [1.54, 1.807) is 18.2 Å². The molecule has 11 heteroatoms. The molecule has 3 rings (SSSR count). The van der Waals surface area contributed by atoms with Crippen molar-refractivity contribution >= 4 is 9.84 Å². The van der Waals surface area contributed by atoms with Gasteiger partial charge in [-0.05, 0) is 35.9 Å². The zero-order chi connectivity index (χ0) is 22.8. The number of methoxy groups -OCH3 is 2. The lowest BCUT2D eigenvalue weighted by Gasteiger charge is -2.11. The lowest BCUT2D eigenvalue weighted by molar-refractivity contribution is -0.141. The van der Waals surface area contributed by atoms with Gasteiger partial charge in [0.2, 0.25) is 15.0 Å². The third-order valence-electron chi connectivity index (χ3n) is 4.28. The summed E-state index contributed by atoms with van der Waals surface area (Å²) in [5.41, 5.74) is 0.233. The number of hydrogen-bond acceptors (Lipinski definition) is 7. The van der Waals surface area contributed by atoms with Crippen LogP contribution < -0.4 is 9.47 Å². The van der Waals surface area contributed by atoms with Crippen molar-refractivity contribution in [2.45, 2.75) is 17.8 Å². The smallest absolute Gasteiger partial charge is 0.433 e. The van der Waals surface area contributed by atoms with Crippen LogP contribution in [0.2, 0.25) is 0 Å². The molecule has 7 nitrogen and oxygen atoms in total. The fourth-order valence-electron chi connectivity index (χ4n) is 2.76. The maximum atomic E-state index is 13.2. The van der Waals surface area contributed by atoms with Crippen LogP contribution in [-0.4, -0.2) is 43.8 Å². The lowest BCUT2D eigenvalue weighted by atomic mass is 10.1. The molecule has 1 aromatic carbocycles. The minimum Gasteiger partial charge on any atom is -0.493 e. The van der Waals surface area contributed by atoms with Gasteiger partial charge in [-0.15, -0.1) is 0 Å². The van der Waals surface area contributed by atoms with Gasteiger partial charge in [0, 0.05) is 30.1 Å². The third-order valence-corrected chi connectivity index (χ3v) is 5.13. The Labute approximate surface area is 176 Å². The Bertz CT molecular complexity index is 1200. The molecular weight excluding hydrogens is 435 g/mol. The van der Waals surface area contributed by atoms with E-state index in [9.17, 15) is 21.6 Å². The second-order valence-corrected chi connectivity index (χ2v) is 8.50. The molecule has 0 N–H and O–H groups in total. The topological polar surface area (TPSA) is 91.3 Å². The summed E-state index contributed by atoms with van der Waals surface area (Å²) in [4.78, 5) is 11.2. The van der Waals surface area contributed by atoms with E-state index in [0.29, 0.717) is 29.7 Å². The molecule has 0 amide bonds. The van der Waals surface area contributed by atoms with E-state index in [2.05, 4.69) is 15.0 Å². The number of ether oxygens (including phenoxy) is 2. The van der Waals surface area contributed by atoms with E-state index in [1.807, 2.05) is 6.07 Å². The molecule has 3 aromatic rings. The van der Waals surface area contributed by atoms with Crippen LogP contribution in [0, 0.1) is 0 Å². The van der Waals surface area contributed by atoms with E-state index in [1.165, 1.54) is 26.5 Å². The number of rotatable bonds is 6. The largest absolute Gasteiger partial charge is 0.493 e. The first-order chi connectivity index (χ1) is 14.5. The van der Waals surface area contributed by atoms with Crippen molar-refractivity contribution in [3.8, 4) is 22.8 Å². The van der Waals surface area contributed by atoms with Gasteiger partial charge < -0.3 is 9.47 Å². The van der Waals surface area contributed by atoms with Gasteiger partial charge in [0.15, 0.2) is 11.5 Å². The Morgan fingerprint density at radius 2 is 1.68 bits per heavy atom. The first-order valence-corrected chi connectivity index (χ1v) is 10.7. The molecule has 164 valence electrons. The zero-order valence-electron chi connectivity index (χ0n) is 16.8. The second kappa shape index (κ2) is 8.50. The van der Waals surface area contributed by atoms with Crippen LogP contribution in [0.25, 0.3) is 11.3 Å². The van der Waals surface area contributed by atoms with Gasteiger partial charge >= 0.3 is 6.18 Å². The number of benzene rings is 1. The van der Waals surface area contributed by atoms with Crippen molar-refractivity contribution < 1.29 is 31.1 Å². The molecular formula is C20H18F3N3O4S. The third kappa shape index (κ3) is 5.29. The van der Waals surface area contributed by atoms with Crippen LogP contribution in [0.3, 0.4) is 0 Å². The molecule has 0 atom stereocenters. The quantitative estimate of drug-likeness (QED) is 0.527. The average Bonchev–Trinajstić information content (AvgIpc) is 2.72. The van der Waals surface area contributed by atoms with Gasteiger partial charge in [-0.2, -0.15) is 13.2 Å². The van der Waals surface area contributed by atoms with E-state index in [0.717, 1.165) is 11.8 Å². The number of alkyl halides is 3. The summed E-state index contributed by atoms with van der Waals surface area (Å²) < 4.78 is 73.4. The molecule has 0 fully saturated rings. The maximum Gasteiger partial charge on any atom is 0.433 e. The van der Waals surface area contributed by atoms with E-state index in [-0.39, 0.29) is 11.3 Å². The minimum atomic E-state index is -4.82. The Morgan fingerprint density at radius 3 is 2.23 bits per heavy atom. The van der Waals surface area contributed by atoms with Crippen LogP contribution in [0.15, 0.2) is 47.8 Å². The van der Waals surface area contributed by atoms with Crippen molar-refractivity contribution in [2.75, 3.05) is 20.5 Å². The molecule has 0 saturated heterocycles. The molecule has 0 aliphatic rings. The van der Waals surface area contributed by atoms with Gasteiger partial charge in [0.1, 0.15) is 5.69 Å². The monoisotopic (exact) mass is 453 g/mol. The molecule has 2 aromatic heterocycles. The number of hydrogen-bond donors (Lipinski definition) is 0. The maximum absolute atomic E-state index is 13.2. The van der Waals surface area contributed by atoms with Crippen LogP contribution in [0.1, 0.15) is 17.0 Å². The number of sulfone groups is 1. The summed E-state index contributed by atoms with van der Waals surface area (Å²) >= 11 is 0. The molecule has 0 aliphatic heterocycles. The number of aromatic nitrogens is 3. The van der Waals surface area contributed by atoms with Crippen LogP contribution in [-0.2, 0) is 22.4 Å².